The molecule has 2 N–H and O–H groups in total. The summed E-state index contributed by atoms with van der Waals surface area (Å²) in [7, 11) is 0. The quantitative estimate of drug-likeness (QED) is 0.770. The van der Waals surface area contributed by atoms with Crippen molar-refractivity contribution in [1.82, 2.24) is 9.97 Å². The van der Waals surface area contributed by atoms with E-state index < -0.39 is 0 Å². The second-order valence-corrected chi connectivity index (χ2v) is 3.55. The molecule has 0 bridgehead atoms. The van der Waals surface area contributed by atoms with E-state index >= 15 is 0 Å². The Kier molecular flexibility index (Phi) is 3.68. The summed E-state index contributed by atoms with van der Waals surface area (Å²) >= 11 is 0. The Morgan fingerprint density at radius 1 is 1.43 bits per heavy atom. The number of nitrogens with one attached hydrogen (secondary N) is 2. The Bertz CT molecular complexity index is 296. The highest BCUT2D eigenvalue weighted by Crippen LogP contribution is 2.13. The monoisotopic (exact) mass is 194 g/mol. The molecule has 0 fully saturated rings. The van der Waals surface area contributed by atoms with Crippen molar-refractivity contribution in [1.29, 1.82) is 0 Å². The SMILES string of the molecule is CCNc1ncc(C)c(NC(C)C)n1. The third-order valence-electron chi connectivity index (χ3n) is 1.73. The molecule has 0 unspecified atom stereocenters. The van der Waals surface area contributed by atoms with Crippen LogP contribution in [-0.4, -0.2) is 22.6 Å². The van der Waals surface area contributed by atoms with E-state index in [1.165, 1.54) is 0 Å². The molecule has 78 valence electrons. The molecule has 0 spiro atoms. The zero-order chi connectivity index (χ0) is 10.6. The van der Waals surface area contributed by atoms with Crippen LogP contribution in [-0.2, 0) is 0 Å². The first-order chi connectivity index (χ1) is 6.63. The summed E-state index contributed by atoms with van der Waals surface area (Å²) in [6.07, 6.45) is 1.83. The van der Waals surface area contributed by atoms with Crippen molar-refractivity contribution in [3.05, 3.63) is 11.8 Å². The lowest BCUT2D eigenvalue weighted by Crippen LogP contribution is -2.14. The third-order valence-corrected chi connectivity index (χ3v) is 1.73. The van der Waals surface area contributed by atoms with Gasteiger partial charge in [0, 0.05) is 24.3 Å². The minimum atomic E-state index is 0.387. The Labute approximate surface area is 85.2 Å². The van der Waals surface area contributed by atoms with Crippen LogP contribution < -0.4 is 10.6 Å². The fourth-order valence-electron chi connectivity index (χ4n) is 1.10. The van der Waals surface area contributed by atoms with Crippen molar-refractivity contribution < 1.29 is 0 Å². The molecule has 0 aliphatic carbocycles. The fourth-order valence-corrected chi connectivity index (χ4v) is 1.10. The van der Waals surface area contributed by atoms with E-state index in [9.17, 15) is 0 Å². The number of hydrogen-bond donors (Lipinski definition) is 2. The van der Waals surface area contributed by atoms with Gasteiger partial charge >= 0.3 is 0 Å². The van der Waals surface area contributed by atoms with Crippen LogP contribution in [0.4, 0.5) is 11.8 Å². The van der Waals surface area contributed by atoms with Crippen LogP contribution in [0.3, 0.4) is 0 Å². The number of aromatic nitrogens is 2. The summed E-state index contributed by atoms with van der Waals surface area (Å²) in [5.41, 5.74) is 1.07. The highest BCUT2D eigenvalue weighted by Gasteiger charge is 2.03. The maximum absolute atomic E-state index is 4.37. The predicted octanol–water partition coefficient (Wildman–Crippen LogP) is 2.04. The molecular weight excluding hydrogens is 176 g/mol. The molecule has 0 aromatic carbocycles. The number of anilines is 2. The van der Waals surface area contributed by atoms with Crippen molar-refractivity contribution in [3.8, 4) is 0 Å². The van der Waals surface area contributed by atoms with Gasteiger partial charge in [0.15, 0.2) is 0 Å². The van der Waals surface area contributed by atoms with Gasteiger partial charge in [-0.05, 0) is 27.7 Å². The molecule has 1 rings (SSSR count). The second-order valence-electron chi connectivity index (χ2n) is 3.55. The van der Waals surface area contributed by atoms with Gasteiger partial charge in [-0.1, -0.05) is 0 Å². The molecule has 0 atom stereocenters. The minimum absolute atomic E-state index is 0.387. The first-order valence-electron chi connectivity index (χ1n) is 4.97. The summed E-state index contributed by atoms with van der Waals surface area (Å²) in [5, 5.41) is 6.37. The van der Waals surface area contributed by atoms with Crippen molar-refractivity contribution >= 4 is 11.8 Å². The van der Waals surface area contributed by atoms with Gasteiger partial charge in [0.1, 0.15) is 5.82 Å². The number of aryl methyl sites for hydroxylation is 1. The Morgan fingerprint density at radius 2 is 2.14 bits per heavy atom. The second kappa shape index (κ2) is 4.79. The summed E-state index contributed by atoms with van der Waals surface area (Å²) in [5.74, 6) is 1.59. The number of rotatable bonds is 4. The molecule has 1 heterocycles. The Morgan fingerprint density at radius 3 is 2.71 bits per heavy atom. The highest BCUT2D eigenvalue weighted by atomic mass is 15.1. The molecule has 4 nitrogen and oxygen atoms in total. The fraction of sp³-hybridized carbons (Fsp3) is 0.600. The molecule has 0 amide bonds. The third kappa shape index (κ3) is 2.87. The maximum atomic E-state index is 4.37. The van der Waals surface area contributed by atoms with Gasteiger partial charge in [0.2, 0.25) is 5.95 Å². The minimum Gasteiger partial charge on any atom is -0.368 e. The van der Waals surface area contributed by atoms with E-state index in [-0.39, 0.29) is 0 Å². The van der Waals surface area contributed by atoms with Crippen molar-refractivity contribution in [2.24, 2.45) is 0 Å². The highest BCUT2D eigenvalue weighted by molar-refractivity contribution is 5.46. The molecular formula is C10H18N4. The van der Waals surface area contributed by atoms with Crippen LogP contribution in [0.15, 0.2) is 6.20 Å². The molecule has 0 radical (unpaired) electrons. The van der Waals surface area contributed by atoms with Gasteiger partial charge in [0.05, 0.1) is 0 Å². The van der Waals surface area contributed by atoms with Gasteiger partial charge in [-0.25, -0.2) is 4.98 Å². The molecule has 0 saturated carbocycles. The molecule has 0 saturated heterocycles. The van der Waals surface area contributed by atoms with Crippen LogP contribution in [0.2, 0.25) is 0 Å². The van der Waals surface area contributed by atoms with E-state index in [0.29, 0.717) is 12.0 Å². The summed E-state index contributed by atoms with van der Waals surface area (Å²) in [4.78, 5) is 8.54. The van der Waals surface area contributed by atoms with E-state index in [1.807, 2.05) is 20.0 Å². The first-order valence-corrected chi connectivity index (χ1v) is 4.97. The maximum Gasteiger partial charge on any atom is 0.224 e. The van der Waals surface area contributed by atoms with Crippen molar-refractivity contribution in [3.63, 3.8) is 0 Å². The van der Waals surface area contributed by atoms with Crippen LogP contribution >= 0.6 is 0 Å². The number of nitrogens with zero attached hydrogens (tertiary/aromatic N) is 2. The molecule has 0 aliphatic rings. The van der Waals surface area contributed by atoms with Crippen molar-refractivity contribution in [2.45, 2.75) is 33.7 Å². The van der Waals surface area contributed by atoms with Gasteiger partial charge < -0.3 is 10.6 Å². The van der Waals surface area contributed by atoms with E-state index in [4.69, 9.17) is 0 Å². The molecule has 1 aromatic heterocycles. The Hall–Kier alpha value is -1.32. The van der Waals surface area contributed by atoms with Gasteiger partial charge in [-0.15, -0.1) is 0 Å². The first kappa shape index (κ1) is 10.8. The summed E-state index contributed by atoms with van der Waals surface area (Å²) < 4.78 is 0. The molecule has 0 aliphatic heterocycles. The van der Waals surface area contributed by atoms with Crippen LogP contribution in [0, 0.1) is 6.92 Å². The van der Waals surface area contributed by atoms with E-state index in [2.05, 4.69) is 34.4 Å². The van der Waals surface area contributed by atoms with Gasteiger partial charge in [-0.3, -0.25) is 0 Å². The molecule has 1 aromatic rings. The predicted molar refractivity (Wildman–Crippen MR) is 59.7 cm³/mol. The summed E-state index contributed by atoms with van der Waals surface area (Å²) in [6, 6.07) is 0.387. The summed E-state index contributed by atoms with van der Waals surface area (Å²) in [6.45, 7) is 9.05. The zero-order valence-corrected chi connectivity index (χ0v) is 9.26. The molecule has 4 heteroatoms. The lowest BCUT2D eigenvalue weighted by Gasteiger charge is -2.12. The largest absolute Gasteiger partial charge is 0.368 e. The zero-order valence-electron chi connectivity index (χ0n) is 9.26. The van der Waals surface area contributed by atoms with Crippen LogP contribution in [0.5, 0.6) is 0 Å². The van der Waals surface area contributed by atoms with Crippen LogP contribution in [0.1, 0.15) is 26.3 Å². The number of hydrogen-bond acceptors (Lipinski definition) is 4. The van der Waals surface area contributed by atoms with Crippen molar-refractivity contribution in [2.75, 3.05) is 17.2 Å². The smallest absolute Gasteiger partial charge is 0.224 e. The average molecular weight is 194 g/mol. The lowest BCUT2D eigenvalue weighted by molar-refractivity contribution is 0.881. The van der Waals surface area contributed by atoms with Gasteiger partial charge in [0.25, 0.3) is 0 Å². The van der Waals surface area contributed by atoms with Crippen LogP contribution in [0.25, 0.3) is 0 Å². The van der Waals surface area contributed by atoms with E-state index in [1.54, 1.807) is 0 Å². The average Bonchev–Trinajstić information content (AvgIpc) is 2.10. The standard InChI is InChI=1S/C10H18N4/c1-5-11-10-12-6-8(4)9(14-10)13-7(2)3/h6-7H,5H2,1-4H3,(H2,11,12,13,14). The lowest BCUT2D eigenvalue weighted by atomic mass is 10.3. The van der Waals surface area contributed by atoms with Gasteiger partial charge in [-0.2, -0.15) is 4.98 Å². The normalized spacial score (nSPS) is 10.4. The topological polar surface area (TPSA) is 49.8 Å². The van der Waals surface area contributed by atoms with E-state index in [0.717, 1.165) is 17.9 Å². The molecule has 14 heavy (non-hydrogen) atoms. The Balaban J connectivity index is 2.84.